The molecule has 1 heterocycles. The predicted octanol–water partition coefficient (Wildman–Crippen LogP) is 0.630. The summed E-state index contributed by atoms with van der Waals surface area (Å²) in [4.78, 5) is 0. The van der Waals surface area contributed by atoms with E-state index in [0.717, 1.165) is 19.3 Å². The molecular formula is C15H28N4O3. The number of hydrogen-bond donors (Lipinski definition) is 3. The summed E-state index contributed by atoms with van der Waals surface area (Å²) in [6, 6.07) is 0.482. The highest BCUT2D eigenvalue weighted by molar-refractivity contribution is 4.94. The fourth-order valence-corrected chi connectivity index (χ4v) is 2.86. The number of aliphatic hydroxyl groups excluding tert-OH is 2. The van der Waals surface area contributed by atoms with E-state index < -0.39 is 6.10 Å². The summed E-state index contributed by atoms with van der Waals surface area (Å²) < 4.78 is 7.27. The molecule has 0 aromatic carbocycles. The lowest BCUT2D eigenvalue weighted by molar-refractivity contribution is 0.00415. The average molecular weight is 312 g/mol. The normalized spacial score (nSPS) is 23.9. The van der Waals surface area contributed by atoms with Crippen LogP contribution in [0.5, 0.6) is 0 Å². The number of nitrogens with zero attached hydrogens (tertiary/aromatic N) is 3. The molecule has 3 atom stereocenters. The van der Waals surface area contributed by atoms with E-state index in [4.69, 9.17) is 9.84 Å². The quantitative estimate of drug-likeness (QED) is 0.652. The van der Waals surface area contributed by atoms with Crippen LogP contribution < -0.4 is 5.32 Å². The maximum atomic E-state index is 9.97. The van der Waals surface area contributed by atoms with E-state index in [0.29, 0.717) is 18.8 Å². The molecule has 3 N–H and O–H groups in total. The maximum Gasteiger partial charge on any atom is 0.108 e. The van der Waals surface area contributed by atoms with E-state index in [-0.39, 0.29) is 24.8 Å². The summed E-state index contributed by atoms with van der Waals surface area (Å²) in [7, 11) is 0. The Morgan fingerprint density at radius 2 is 2.18 bits per heavy atom. The lowest BCUT2D eigenvalue weighted by Crippen LogP contribution is -2.44. The van der Waals surface area contributed by atoms with Gasteiger partial charge in [0.25, 0.3) is 0 Å². The van der Waals surface area contributed by atoms with Crippen molar-refractivity contribution in [3.63, 3.8) is 0 Å². The van der Waals surface area contributed by atoms with Crippen LogP contribution in [0.15, 0.2) is 6.20 Å². The first-order chi connectivity index (χ1) is 10.6. The molecule has 1 fully saturated rings. The third kappa shape index (κ3) is 5.01. The van der Waals surface area contributed by atoms with Gasteiger partial charge in [-0.15, -0.1) is 5.10 Å². The Balaban J connectivity index is 1.87. The molecule has 1 aromatic rings. The molecule has 0 amide bonds. The van der Waals surface area contributed by atoms with Crippen LogP contribution in [0, 0.1) is 0 Å². The zero-order chi connectivity index (χ0) is 15.9. The zero-order valence-corrected chi connectivity index (χ0v) is 13.5. The Bertz CT molecular complexity index is 438. The topological polar surface area (TPSA) is 92.4 Å². The first-order valence-corrected chi connectivity index (χ1v) is 8.14. The van der Waals surface area contributed by atoms with Gasteiger partial charge >= 0.3 is 0 Å². The van der Waals surface area contributed by atoms with E-state index in [1.165, 1.54) is 6.42 Å². The molecule has 7 nitrogen and oxygen atoms in total. The van der Waals surface area contributed by atoms with Gasteiger partial charge in [0.2, 0.25) is 0 Å². The Hall–Kier alpha value is -1.02. The molecule has 1 aliphatic carbocycles. The second-order valence-electron chi connectivity index (χ2n) is 6.25. The van der Waals surface area contributed by atoms with E-state index in [1.54, 1.807) is 0 Å². The minimum atomic E-state index is -0.506. The Labute approximate surface area is 131 Å². The van der Waals surface area contributed by atoms with Crippen LogP contribution >= 0.6 is 0 Å². The van der Waals surface area contributed by atoms with Crippen LogP contribution in [0.1, 0.15) is 51.3 Å². The van der Waals surface area contributed by atoms with Crippen molar-refractivity contribution in [3.8, 4) is 0 Å². The molecule has 0 radical (unpaired) electrons. The Morgan fingerprint density at radius 3 is 2.86 bits per heavy atom. The van der Waals surface area contributed by atoms with Gasteiger partial charge in [-0.25, -0.2) is 4.68 Å². The molecule has 0 aliphatic heterocycles. The fourth-order valence-electron chi connectivity index (χ4n) is 2.86. The first-order valence-electron chi connectivity index (χ1n) is 8.14. The van der Waals surface area contributed by atoms with Crippen molar-refractivity contribution in [2.45, 2.75) is 70.4 Å². The van der Waals surface area contributed by atoms with Crippen LogP contribution in [0.4, 0.5) is 0 Å². The number of rotatable bonds is 8. The van der Waals surface area contributed by atoms with Crippen molar-refractivity contribution in [2.24, 2.45) is 0 Å². The largest absolute Gasteiger partial charge is 0.390 e. The average Bonchev–Trinajstić information content (AvgIpc) is 3.00. The van der Waals surface area contributed by atoms with E-state index in [9.17, 15) is 5.11 Å². The van der Waals surface area contributed by atoms with Crippen LogP contribution in [0.3, 0.4) is 0 Å². The minimum absolute atomic E-state index is 0.0872. The van der Waals surface area contributed by atoms with Crippen molar-refractivity contribution in [1.29, 1.82) is 0 Å². The Morgan fingerprint density at radius 1 is 1.41 bits per heavy atom. The van der Waals surface area contributed by atoms with Gasteiger partial charge in [-0.1, -0.05) is 18.1 Å². The van der Waals surface area contributed by atoms with Gasteiger partial charge in [0, 0.05) is 12.6 Å². The van der Waals surface area contributed by atoms with Crippen LogP contribution in [-0.2, 0) is 11.3 Å². The van der Waals surface area contributed by atoms with Crippen molar-refractivity contribution >= 4 is 0 Å². The highest BCUT2D eigenvalue weighted by Crippen LogP contribution is 2.28. The molecule has 126 valence electrons. The van der Waals surface area contributed by atoms with Gasteiger partial charge in [0.05, 0.1) is 37.7 Å². The van der Waals surface area contributed by atoms with Crippen molar-refractivity contribution in [1.82, 2.24) is 20.3 Å². The van der Waals surface area contributed by atoms with Crippen LogP contribution in [0.25, 0.3) is 0 Å². The van der Waals surface area contributed by atoms with Crippen LogP contribution in [0.2, 0.25) is 0 Å². The summed E-state index contributed by atoms with van der Waals surface area (Å²) in [5.41, 5.74) is 0.592. The zero-order valence-electron chi connectivity index (χ0n) is 13.5. The highest BCUT2D eigenvalue weighted by atomic mass is 16.5. The van der Waals surface area contributed by atoms with Gasteiger partial charge in [-0.2, -0.15) is 0 Å². The molecule has 1 aliphatic rings. The third-order valence-electron chi connectivity index (χ3n) is 4.03. The second kappa shape index (κ2) is 8.57. The summed E-state index contributed by atoms with van der Waals surface area (Å²) in [5, 5.41) is 30.6. The molecule has 0 bridgehead atoms. The number of aromatic nitrogens is 3. The number of nitrogens with one attached hydrogen (secondary N) is 1. The molecule has 1 aromatic heterocycles. The smallest absolute Gasteiger partial charge is 0.108 e. The van der Waals surface area contributed by atoms with Crippen molar-refractivity contribution in [2.75, 3.05) is 13.2 Å². The van der Waals surface area contributed by atoms with Gasteiger partial charge in [-0.05, 0) is 26.7 Å². The van der Waals surface area contributed by atoms with Gasteiger partial charge in [0.1, 0.15) is 5.69 Å². The van der Waals surface area contributed by atoms with E-state index in [1.807, 2.05) is 24.7 Å². The van der Waals surface area contributed by atoms with Crippen molar-refractivity contribution < 1.29 is 14.9 Å². The molecule has 0 saturated heterocycles. The number of ether oxygens (including phenoxy) is 1. The second-order valence-corrected chi connectivity index (χ2v) is 6.25. The molecule has 2 rings (SSSR count). The minimum Gasteiger partial charge on any atom is -0.390 e. The fraction of sp³-hybridized carbons (Fsp3) is 0.867. The summed E-state index contributed by atoms with van der Waals surface area (Å²) in [5.74, 6) is 0. The monoisotopic (exact) mass is 312 g/mol. The van der Waals surface area contributed by atoms with Gasteiger partial charge < -0.3 is 20.3 Å². The summed E-state index contributed by atoms with van der Waals surface area (Å²) >= 11 is 0. The van der Waals surface area contributed by atoms with Crippen LogP contribution in [-0.4, -0.2) is 56.6 Å². The standard InChI is InChI=1S/C15H28N4O3/c1-11(2)22-10-13(21)7-16-14-5-3-4-6-15(14)19-8-12(9-20)17-18-19/h8,11,13-16,20-21H,3-7,9-10H2,1-2H3/t13?,14-,15+/m0/s1. The molecule has 1 unspecified atom stereocenters. The van der Waals surface area contributed by atoms with Gasteiger partial charge in [-0.3, -0.25) is 0 Å². The van der Waals surface area contributed by atoms with Crippen molar-refractivity contribution in [3.05, 3.63) is 11.9 Å². The third-order valence-corrected chi connectivity index (χ3v) is 4.03. The summed E-state index contributed by atoms with van der Waals surface area (Å²) in [6.07, 6.45) is 5.85. The van der Waals surface area contributed by atoms with E-state index in [2.05, 4.69) is 15.6 Å². The molecule has 22 heavy (non-hydrogen) atoms. The highest BCUT2D eigenvalue weighted by Gasteiger charge is 2.27. The number of aliphatic hydroxyl groups is 2. The molecular weight excluding hydrogens is 284 g/mol. The molecule has 7 heteroatoms. The summed E-state index contributed by atoms with van der Waals surface area (Å²) in [6.45, 7) is 4.69. The molecule has 1 saturated carbocycles. The van der Waals surface area contributed by atoms with E-state index >= 15 is 0 Å². The maximum absolute atomic E-state index is 9.97. The first kappa shape index (κ1) is 17.3. The number of hydrogen-bond acceptors (Lipinski definition) is 6. The lowest BCUT2D eigenvalue weighted by Gasteiger charge is -2.32. The van der Waals surface area contributed by atoms with Gasteiger partial charge in [0.15, 0.2) is 0 Å². The molecule has 0 spiro atoms. The Kier molecular flexibility index (Phi) is 6.75. The lowest BCUT2D eigenvalue weighted by atomic mass is 9.90. The SMILES string of the molecule is CC(C)OCC(O)CN[C@H]1CCCC[C@H]1n1cc(CO)nn1. The predicted molar refractivity (Wildman–Crippen MR) is 82.3 cm³/mol.